The average Bonchev–Trinajstić information content (AvgIpc) is 2.66. The summed E-state index contributed by atoms with van der Waals surface area (Å²) in [6.45, 7) is 3.00. The molecule has 5 rings (SSSR count). The van der Waals surface area contributed by atoms with E-state index in [0.717, 1.165) is 24.9 Å². The Kier molecular flexibility index (Phi) is 4.00. The molecule has 0 atom stereocenters. The van der Waals surface area contributed by atoms with Gasteiger partial charge in [-0.25, -0.2) is 8.42 Å². The molecule has 0 spiro atoms. The van der Waals surface area contributed by atoms with Gasteiger partial charge in [-0.1, -0.05) is 42.5 Å². The molecule has 0 saturated carbocycles. The monoisotopic (exact) mass is 379 g/mol. The Labute approximate surface area is 159 Å². The molecule has 5 nitrogen and oxygen atoms in total. The van der Waals surface area contributed by atoms with Crippen LogP contribution in [0.2, 0.25) is 0 Å². The molecule has 1 fully saturated rings. The van der Waals surface area contributed by atoms with E-state index < -0.39 is 10.0 Å². The summed E-state index contributed by atoms with van der Waals surface area (Å²) in [7, 11) is -3.52. The molecule has 3 aromatic rings. The second-order valence-electron chi connectivity index (χ2n) is 7.30. The SMILES string of the molecule is O=S(=O)(c1cccc2cccnc12)N1CC(N2CCc3ccccc3C2)C1. The van der Waals surface area contributed by atoms with E-state index in [2.05, 4.69) is 34.1 Å². The van der Waals surface area contributed by atoms with Crippen molar-refractivity contribution in [2.75, 3.05) is 19.6 Å². The highest BCUT2D eigenvalue weighted by Crippen LogP contribution is 2.30. The molecule has 0 bridgehead atoms. The van der Waals surface area contributed by atoms with E-state index in [4.69, 9.17) is 0 Å². The van der Waals surface area contributed by atoms with Crippen LogP contribution in [0.3, 0.4) is 0 Å². The van der Waals surface area contributed by atoms with Crippen LogP contribution in [0.4, 0.5) is 0 Å². The van der Waals surface area contributed by atoms with Crippen molar-refractivity contribution < 1.29 is 8.42 Å². The fraction of sp³-hybridized carbons (Fsp3) is 0.286. The van der Waals surface area contributed by atoms with Gasteiger partial charge in [-0.2, -0.15) is 4.31 Å². The number of pyridine rings is 1. The summed E-state index contributed by atoms with van der Waals surface area (Å²) in [6.07, 6.45) is 2.68. The Morgan fingerprint density at radius 1 is 0.926 bits per heavy atom. The quantitative estimate of drug-likeness (QED) is 0.702. The molecule has 2 aromatic carbocycles. The van der Waals surface area contributed by atoms with Gasteiger partial charge >= 0.3 is 0 Å². The van der Waals surface area contributed by atoms with Crippen molar-refractivity contribution in [3.8, 4) is 0 Å². The summed E-state index contributed by atoms with van der Waals surface area (Å²) in [5.41, 5.74) is 3.33. The molecule has 2 aliphatic rings. The van der Waals surface area contributed by atoms with Crippen LogP contribution in [0.15, 0.2) is 65.7 Å². The Hall–Kier alpha value is -2.28. The number of hydrogen-bond acceptors (Lipinski definition) is 4. The molecule has 138 valence electrons. The molecule has 6 heteroatoms. The third kappa shape index (κ3) is 2.84. The van der Waals surface area contributed by atoms with E-state index in [1.165, 1.54) is 11.1 Å². The molecule has 27 heavy (non-hydrogen) atoms. The maximum Gasteiger partial charge on any atom is 0.245 e. The number of fused-ring (bicyclic) bond motifs is 2. The van der Waals surface area contributed by atoms with Crippen molar-refractivity contribution in [2.24, 2.45) is 0 Å². The number of aromatic nitrogens is 1. The number of sulfonamides is 1. The summed E-state index contributed by atoms with van der Waals surface area (Å²) >= 11 is 0. The molecule has 0 radical (unpaired) electrons. The number of hydrogen-bond donors (Lipinski definition) is 0. The normalized spacial score (nSPS) is 19.0. The van der Waals surface area contributed by atoms with Gasteiger partial charge in [0.1, 0.15) is 4.90 Å². The van der Waals surface area contributed by atoms with E-state index in [1.54, 1.807) is 22.6 Å². The van der Waals surface area contributed by atoms with Crippen LogP contribution in [0.5, 0.6) is 0 Å². The lowest BCUT2D eigenvalue weighted by molar-refractivity contribution is 0.0769. The first kappa shape index (κ1) is 16.9. The van der Waals surface area contributed by atoms with Crippen molar-refractivity contribution in [2.45, 2.75) is 23.9 Å². The molecule has 0 aliphatic carbocycles. The Morgan fingerprint density at radius 3 is 2.56 bits per heavy atom. The van der Waals surface area contributed by atoms with Crippen LogP contribution < -0.4 is 0 Å². The smallest absolute Gasteiger partial charge is 0.245 e. The van der Waals surface area contributed by atoms with Gasteiger partial charge in [0.05, 0.1) is 5.52 Å². The summed E-state index contributed by atoms with van der Waals surface area (Å²) in [6, 6.07) is 17.9. The molecular formula is C21H21N3O2S. The molecular weight excluding hydrogens is 358 g/mol. The number of rotatable bonds is 3. The lowest BCUT2D eigenvalue weighted by Gasteiger charge is -2.46. The summed E-state index contributed by atoms with van der Waals surface area (Å²) in [4.78, 5) is 7.03. The van der Waals surface area contributed by atoms with Gasteiger partial charge < -0.3 is 0 Å². The van der Waals surface area contributed by atoms with E-state index in [9.17, 15) is 8.42 Å². The van der Waals surface area contributed by atoms with Crippen molar-refractivity contribution in [1.82, 2.24) is 14.2 Å². The fourth-order valence-electron chi connectivity index (χ4n) is 4.10. The summed E-state index contributed by atoms with van der Waals surface area (Å²) in [5, 5.41) is 0.850. The zero-order chi connectivity index (χ0) is 18.4. The highest BCUT2D eigenvalue weighted by atomic mass is 32.2. The van der Waals surface area contributed by atoms with Crippen LogP contribution >= 0.6 is 0 Å². The highest BCUT2D eigenvalue weighted by molar-refractivity contribution is 7.89. The van der Waals surface area contributed by atoms with Crippen molar-refractivity contribution in [3.05, 3.63) is 71.9 Å². The van der Waals surface area contributed by atoms with Gasteiger partial charge in [-0.05, 0) is 29.7 Å². The average molecular weight is 379 g/mol. The standard InChI is InChI=1S/C21H21N3O2S/c25-27(26,20-9-3-7-17-8-4-11-22-21(17)20)24-14-19(15-24)23-12-10-16-5-1-2-6-18(16)13-23/h1-9,11,19H,10,12-15H2. The van der Waals surface area contributed by atoms with Crippen molar-refractivity contribution >= 4 is 20.9 Å². The Bertz CT molecular complexity index is 1100. The first-order valence-electron chi connectivity index (χ1n) is 9.28. The molecule has 0 amide bonds. The maximum absolute atomic E-state index is 13.1. The molecule has 0 unspecified atom stereocenters. The number of para-hydroxylation sites is 1. The minimum Gasteiger partial charge on any atom is -0.293 e. The van der Waals surface area contributed by atoms with Crippen molar-refractivity contribution in [3.63, 3.8) is 0 Å². The van der Waals surface area contributed by atoms with Crippen LogP contribution in [0.1, 0.15) is 11.1 Å². The minimum atomic E-state index is -3.52. The van der Waals surface area contributed by atoms with Gasteiger partial charge in [-0.3, -0.25) is 9.88 Å². The predicted molar refractivity (Wildman–Crippen MR) is 105 cm³/mol. The molecule has 0 N–H and O–H groups in total. The maximum atomic E-state index is 13.1. The molecule has 1 saturated heterocycles. The van der Waals surface area contributed by atoms with E-state index >= 15 is 0 Å². The number of nitrogens with zero attached hydrogens (tertiary/aromatic N) is 3. The third-order valence-corrected chi connectivity index (χ3v) is 7.58. The second kappa shape index (κ2) is 6.41. The molecule has 1 aromatic heterocycles. The van der Waals surface area contributed by atoms with E-state index in [0.29, 0.717) is 23.5 Å². The van der Waals surface area contributed by atoms with Crippen LogP contribution in [-0.4, -0.2) is 48.3 Å². The van der Waals surface area contributed by atoms with Gasteiger partial charge in [0.25, 0.3) is 0 Å². The highest BCUT2D eigenvalue weighted by Gasteiger charge is 2.41. The first-order chi connectivity index (χ1) is 13.1. The van der Waals surface area contributed by atoms with E-state index in [1.807, 2.05) is 18.2 Å². The van der Waals surface area contributed by atoms with Gasteiger partial charge in [-0.15, -0.1) is 0 Å². The number of benzene rings is 2. The van der Waals surface area contributed by atoms with E-state index in [-0.39, 0.29) is 6.04 Å². The first-order valence-corrected chi connectivity index (χ1v) is 10.7. The zero-order valence-electron chi connectivity index (χ0n) is 15.0. The van der Waals surface area contributed by atoms with Gasteiger partial charge in [0.2, 0.25) is 10.0 Å². The molecule has 2 aliphatic heterocycles. The largest absolute Gasteiger partial charge is 0.293 e. The topological polar surface area (TPSA) is 53.5 Å². The van der Waals surface area contributed by atoms with Gasteiger partial charge in [0, 0.05) is 43.8 Å². The lowest BCUT2D eigenvalue weighted by Crippen LogP contribution is -2.61. The lowest BCUT2D eigenvalue weighted by atomic mass is 9.97. The Balaban J connectivity index is 1.34. The molecule has 3 heterocycles. The van der Waals surface area contributed by atoms with Gasteiger partial charge in [0.15, 0.2) is 0 Å². The van der Waals surface area contributed by atoms with Crippen LogP contribution in [0.25, 0.3) is 10.9 Å². The van der Waals surface area contributed by atoms with Crippen LogP contribution in [-0.2, 0) is 23.0 Å². The Morgan fingerprint density at radius 2 is 1.70 bits per heavy atom. The third-order valence-electron chi connectivity index (χ3n) is 5.72. The van der Waals surface area contributed by atoms with Crippen molar-refractivity contribution in [1.29, 1.82) is 0 Å². The summed E-state index contributed by atoms with van der Waals surface area (Å²) < 4.78 is 27.8. The fourth-order valence-corrected chi connectivity index (χ4v) is 5.78. The predicted octanol–water partition coefficient (Wildman–Crippen LogP) is 2.67. The minimum absolute atomic E-state index is 0.288. The summed E-state index contributed by atoms with van der Waals surface area (Å²) in [5.74, 6) is 0. The zero-order valence-corrected chi connectivity index (χ0v) is 15.8. The van der Waals surface area contributed by atoms with Crippen LogP contribution in [0, 0.1) is 0 Å². The second-order valence-corrected chi connectivity index (χ2v) is 9.20.